The zero-order valence-electron chi connectivity index (χ0n) is 5.07. The number of hydrogen-bond donors (Lipinski definition) is 1. The number of nitrogen functional groups attached to an aromatic ring is 1. The normalized spacial score (nSPS) is 9.44. The second kappa shape index (κ2) is 1.85. The predicted molar refractivity (Wildman–Crippen MR) is 33.2 cm³/mol. The lowest BCUT2D eigenvalue weighted by Crippen LogP contribution is -1.97. The molecule has 48 valence electrons. The van der Waals surface area contributed by atoms with Crippen molar-refractivity contribution in [3.05, 3.63) is 6.58 Å². The number of anilines is 1. The molecule has 0 aliphatic carbocycles. The molecule has 0 fully saturated rings. The summed E-state index contributed by atoms with van der Waals surface area (Å²) in [7, 11) is 0. The van der Waals surface area contributed by atoms with Crippen LogP contribution in [0.1, 0.15) is 6.92 Å². The van der Waals surface area contributed by atoms with Gasteiger partial charge >= 0.3 is 0 Å². The van der Waals surface area contributed by atoms with Gasteiger partial charge in [0.1, 0.15) is 0 Å². The van der Waals surface area contributed by atoms with E-state index in [0.717, 1.165) is 0 Å². The van der Waals surface area contributed by atoms with Gasteiger partial charge in [0.15, 0.2) is 0 Å². The highest BCUT2D eigenvalue weighted by molar-refractivity contribution is 5.33. The van der Waals surface area contributed by atoms with Crippen LogP contribution in [0, 0.1) is 0 Å². The first-order valence-electron chi connectivity index (χ1n) is 2.41. The van der Waals surface area contributed by atoms with Crippen molar-refractivity contribution < 1.29 is 0 Å². The third-order valence-corrected chi connectivity index (χ3v) is 0.770. The lowest BCUT2D eigenvalue weighted by atomic mass is 10.6. The maximum Gasteiger partial charge on any atom is 0.261 e. The Hall–Kier alpha value is -1.39. The van der Waals surface area contributed by atoms with Crippen molar-refractivity contribution in [1.82, 2.24) is 20.2 Å². The summed E-state index contributed by atoms with van der Waals surface area (Å²) < 4.78 is 0. The predicted octanol–water partition coefficient (Wildman–Crippen LogP) is -0.254. The van der Waals surface area contributed by atoms with Crippen LogP contribution in [-0.2, 0) is 0 Å². The van der Waals surface area contributed by atoms with Crippen molar-refractivity contribution >= 4 is 11.6 Å². The number of hydrogen-bond acceptors (Lipinski definition) is 4. The lowest BCUT2D eigenvalue weighted by Gasteiger charge is -1.89. The fourth-order valence-corrected chi connectivity index (χ4v) is 0.387. The molecular weight excluding hydrogens is 118 g/mol. The van der Waals surface area contributed by atoms with E-state index in [-0.39, 0.29) is 5.95 Å². The zero-order chi connectivity index (χ0) is 6.85. The molecule has 1 rings (SSSR count). The summed E-state index contributed by atoms with van der Waals surface area (Å²) in [6.07, 6.45) is 0. The summed E-state index contributed by atoms with van der Waals surface area (Å²) in [5.74, 6) is 0.165. The number of nitrogens with two attached hydrogens (primary N) is 1. The highest BCUT2D eigenvalue weighted by Crippen LogP contribution is 1.93. The lowest BCUT2D eigenvalue weighted by molar-refractivity contribution is 0.734. The smallest absolute Gasteiger partial charge is 0.261 e. The maximum absolute atomic E-state index is 5.17. The Labute approximate surface area is 52.2 Å². The van der Waals surface area contributed by atoms with Gasteiger partial charge in [0.2, 0.25) is 0 Å². The molecule has 2 N–H and O–H groups in total. The van der Waals surface area contributed by atoms with E-state index >= 15 is 0 Å². The fourth-order valence-electron chi connectivity index (χ4n) is 0.387. The monoisotopic (exact) mass is 125 g/mol. The van der Waals surface area contributed by atoms with E-state index in [4.69, 9.17) is 5.73 Å². The largest absolute Gasteiger partial charge is 0.365 e. The quantitative estimate of drug-likeness (QED) is 0.561. The Morgan fingerprint density at radius 1 is 1.78 bits per heavy atom. The van der Waals surface area contributed by atoms with Crippen LogP contribution in [0.2, 0.25) is 0 Å². The van der Waals surface area contributed by atoms with Crippen LogP contribution >= 0.6 is 0 Å². The Morgan fingerprint density at radius 3 is 2.67 bits per heavy atom. The van der Waals surface area contributed by atoms with Crippen LogP contribution in [0.3, 0.4) is 0 Å². The Bertz CT molecular complexity index is 225. The molecule has 0 saturated heterocycles. The molecular formula is C4H7N5. The third-order valence-electron chi connectivity index (χ3n) is 0.770. The molecule has 0 aliphatic rings. The minimum absolute atomic E-state index is 0.165. The topological polar surface area (TPSA) is 69.6 Å². The van der Waals surface area contributed by atoms with Gasteiger partial charge in [-0.3, -0.25) is 0 Å². The van der Waals surface area contributed by atoms with E-state index in [1.807, 2.05) is 0 Å². The minimum Gasteiger partial charge on any atom is -0.365 e. The number of rotatable bonds is 1. The number of allylic oxidation sites excluding steroid dienone is 1. The molecule has 0 spiro atoms. The van der Waals surface area contributed by atoms with Gasteiger partial charge in [-0.2, -0.15) is 0 Å². The summed E-state index contributed by atoms with van der Waals surface area (Å²) >= 11 is 0. The first-order chi connectivity index (χ1) is 4.20. The molecule has 0 radical (unpaired) electrons. The van der Waals surface area contributed by atoms with Gasteiger partial charge in [-0.15, -0.1) is 9.90 Å². The van der Waals surface area contributed by atoms with Crippen LogP contribution in [0.4, 0.5) is 5.95 Å². The molecule has 9 heavy (non-hydrogen) atoms. The van der Waals surface area contributed by atoms with Crippen LogP contribution in [0.5, 0.6) is 0 Å². The maximum atomic E-state index is 5.17. The van der Waals surface area contributed by atoms with Crippen molar-refractivity contribution in [3.8, 4) is 0 Å². The van der Waals surface area contributed by atoms with Gasteiger partial charge in [0, 0.05) is 0 Å². The van der Waals surface area contributed by atoms with E-state index in [2.05, 4.69) is 22.0 Å². The Morgan fingerprint density at radius 2 is 2.44 bits per heavy atom. The average Bonchev–Trinajstić information content (AvgIpc) is 2.14. The molecule has 0 saturated carbocycles. The van der Waals surface area contributed by atoms with Crippen molar-refractivity contribution in [3.63, 3.8) is 0 Å². The Kier molecular flexibility index (Phi) is 1.18. The second-order valence-corrected chi connectivity index (χ2v) is 1.67. The summed E-state index contributed by atoms with van der Waals surface area (Å²) in [6, 6.07) is 0. The molecule has 0 aromatic carbocycles. The van der Waals surface area contributed by atoms with E-state index in [0.29, 0.717) is 5.70 Å². The van der Waals surface area contributed by atoms with E-state index < -0.39 is 0 Å². The summed E-state index contributed by atoms with van der Waals surface area (Å²) in [6.45, 7) is 5.35. The van der Waals surface area contributed by atoms with E-state index in [1.165, 1.54) is 4.80 Å². The van der Waals surface area contributed by atoms with Gasteiger partial charge in [0.25, 0.3) is 5.95 Å². The van der Waals surface area contributed by atoms with Crippen LogP contribution in [0.15, 0.2) is 6.58 Å². The molecule has 0 atom stereocenters. The first kappa shape index (κ1) is 5.74. The van der Waals surface area contributed by atoms with Crippen molar-refractivity contribution in [2.45, 2.75) is 6.92 Å². The summed E-state index contributed by atoms with van der Waals surface area (Å²) in [4.78, 5) is 1.27. The zero-order valence-corrected chi connectivity index (χ0v) is 5.07. The second-order valence-electron chi connectivity index (χ2n) is 1.67. The van der Waals surface area contributed by atoms with Crippen molar-refractivity contribution in [1.29, 1.82) is 0 Å². The van der Waals surface area contributed by atoms with Crippen LogP contribution in [0.25, 0.3) is 5.70 Å². The molecule has 0 amide bonds. The van der Waals surface area contributed by atoms with E-state index in [1.54, 1.807) is 6.92 Å². The molecule has 0 aliphatic heterocycles. The minimum atomic E-state index is 0.165. The molecule has 5 nitrogen and oxygen atoms in total. The molecule has 1 aromatic rings. The molecule has 5 heteroatoms. The van der Waals surface area contributed by atoms with Gasteiger partial charge in [0.05, 0.1) is 5.70 Å². The molecule has 1 heterocycles. The van der Waals surface area contributed by atoms with Gasteiger partial charge in [-0.1, -0.05) is 11.7 Å². The SMILES string of the molecule is C=C(C)n1nnc(N)n1. The number of tetrazole rings is 1. The van der Waals surface area contributed by atoms with Gasteiger partial charge in [-0.25, -0.2) is 0 Å². The number of nitrogens with zero attached hydrogens (tertiary/aromatic N) is 4. The average molecular weight is 125 g/mol. The summed E-state index contributed by atoms with van der Waals surface area (Å²) in [5.41, 5.74) is 5.86. The van der Waals surface area contributed by atoms with Crippen LogP contribution < -0.4 is 5.73 Å². The van der Waals surface area contributed by atoms with Crippen molar-refractivity contribution in [2.75, 3.05) is 5.73 Å². The van der Waals surface area contributed by atoms with E-state index in [9.17, 15) is 0 Å². The highest BCUT2D eigenvalue weighted by Gasteiger charge is 1.94. The van der Waals surface area contributed by atoms with Gasteiger partial charge < -0.3 is 5.73 Å². The third kappa shape index (κ3) is 1.04. The van der Waals surface area contributed by atoms with Crippen LogP contribution in [-0.4, -0.2) is 20.2 Å². The van der Waals surface area contributed by atoms with Gasteiger partial charge in [-0.05, 0) is 12.1 Å². The van der Waals surface area contributed by atoms with Crippen molar-refractivity contribution in [2.24, 2.45) is 0 Å². The highest BCUT2D eigenvalue weighted by atomic mass is 15.6. The Balaban J connectivity index is 2.98. The molecule has 0 bridgehead atoms. The number of aromatic nitrogens is 4. The molecule has 1 aromatic heterocycles. The fraction of sp³-hybridized carbons (Fsp3) is 0.250. The standard InChI is InChI=1S/C4H7N5/c1-3(2)9-7-4(5)6-8-9/h1H2,2H3,(H2,5,7). The first-order valence-corrected chi connectivity index (χ1v) is 2.41. The summed E-state index contributed by atoms with van der Waals surface area (Å²) in [5, 5.41) is 10.7. The molecule has 0 unspecified atom stereocenters.